The molecule has 0 aliphatic heterocycles. The lowest BCUT2D eigenvalue weighted by Gasteiger charge is -2.09. The molecule has 0 unspecified atom stereocenters. The van der Waals surface area contributed by atoms with Gasteiger partial charge in [-0.3, -0.25) is 9.35 Å². The van der Waals surface area contributed by atoms with E-state index in [-0.39, 0.29) is 10.1 Å². The molecule has 0 radical (unpaired) electrons. The summed E-state index contributed by atoms with van der Waals surface area (Å²) in [5.74, 6) is -2.74. The summed E-state index contributed by atoms with van der Waals surface area (Å²) in [7, 11) is -5.01. The van der Waals surface area contributed by atoms with E-state index in [2.05, 4.69) is 0 Å². The molecule has 3 aromatic rings. The highest BCUT2D eigenvalue weighted by Gasteiger charge is 2.28. The maximum absolute atomic E-state index is 12.6. The number of hydrogen-bond acceptors (Lipinski definition) is 6. The van der Waals surface area contributed by atoms with Gasteiger partial charge in [0.2, 0.25) is 0 Å². The van der Waals surface area contributed by atoms with Gasteiger partial charge in [-0.25, -0.2) is 4.79 Å². The van der Waals surface area contributed by atoms with E-state index in [0.717, 1.165) is 17.4 Å². The van der Waals surface area contributed by atoms with Gasteiger partial charge in [-0.05, 0) is 18.2 Å². The number of carboxylic acids is 1. The second-order valence-corrected chi connectivity index (χ2v) is 7.12. The first-order chi connectivity index (χ1) is 10.7. The fourth-order valence-corrected chi connectivity index (χ4v) is 4.34. The van der Waals surface area contributed by atoms with Crippen LogP contribution in [0.25, 0.3) is 20.2 Å². The molecule has 0 saturated carbocycles. The molecule has 0 aliphatic carbocycles. The van der Waals surface area contributed by atoms with Crippen molar-refractivity contribution in [2.45, 2.75) is 4.90 Å². The number of aromatic carboxylic acids is 1. The number of phenols is 1. The summed E-state index contributed by atoms with van der Waals surface area (Å²) in [5.41, 5.74) is -1.43. The average molecular weight is 352 g/mol. The normalized spacial score (nSPS) is 11.9. The molecule has 7 nitrogen and oxygen atoms in total. The Hall–Kier alpha value is -2.49. The van der Waals surface area contributed by atoms with E-state index < -0.39 is 43.1 Å². The molecule has 1 heterocycles. The van der Waals surface area contributed by atoms with Gasteiger partial charge in [-0.2, -0.15) is 8.42 Å². The van der Waals surface area contributed by atoms with Crippen molar-refractivity contribution in [2.75, 3.05) is 0 Å². The van der Waals surface area contributed by atoms with Gasteiger partial charge < -0.3 is 10.2 Å². The number of hydrogen-bond donors (Lipinski definition) is 3. The van der Waals surface area contributed by atoms with Gasteiger partial charge in [0.25, 0.3) is 10.1 Å². The molecule has 118 valence electrons. The summed E-state index contributed by atoms with van der Waals surface area (Å²) in [5, 5.41) is 18.8. The van der Waals surface area contributed by atoms with Crippen molar-refractivity contribution in [2.24, 2.45) is 0 Å². The molecule has 9 heteroatoms. The topological polar surface area (TPSA) is 129 Å². The highest BCUT2D eigenvalue weighted by atomic mass is 32.2. The highest BCUT2D eigenvalue weighted by Crippen LogP contribution is 2.36. The first-order valence-corrected chi connectivity index (χ1v) is 8.40. The molecule has 0 amide bonds. The first-order valence-electron chi connectivity index (χ1n) is 6.14. The van der Waals surface area contributed by atoms with Crippen molar-refractivity contribution < 1.29 is 28.0 Å². The van der Waals surface area contributed by atoms with E-state index in [1.54, 1.807) is 18.2 Å². The third kappa shape index (κ3) is 2.34. The third-order valence-corrected chi connectivity index (χ3v) is 5.32. The molecule has 23 heavy (non-hydrogen) atoms. The Labute approximate surface area is 132 Å². The predicted molar refractivity (Wildman–Crippen MR) is 84.0 cm³/mol. The van der Waals surface area contributed by atoms with Gasteiger partial charge in [0, 0.05) is 14.8 Å². The summed E-state index contributed by atoms with van der Waals surface area (Å²) < 4.78 is 33.1. The molecule has 0 spiro atoms. The van der Waals surface area contributed by atoms with Crippen molar-refractivity contribution in [3.8, 4) is 5.75 Å². The summed E-state index contributed by atoms with van der Waals surface area (Å²) >= 11 is 0.986. The number of carbonyl (C=O) groups is 1. The fourth-order valence-electron chi connectivity index (χ4n) is 2.33. The molecule has 2 aromatic carbocycles. The summed E-state index contributed by atoms with van der Waals surface area (Å²) in [6, 6.07) is 7.37. The lowest BCUT2D eigenvalue weighted by atomic mass is 10.1. The van der Waals surface area contributed by atoms with Gasteiger partial charge in [0.05, 0.1) is 5.39 Å². The minimum absolute atomic E-state index is 0.0384. The molecule has 0 saturated heterocycles. The largest absolute Gasteiger partial charge is 0.506 e. The Morgan fingerprint density at radius 2 is 1.78 bits per heavy atom. The van der Waals surface area contributed by atoms with Crippen molar-refractivity contribution in [1.29, 1.82) is 0 Å². The monoisotopic (exact) mass is 352 g/mol. The zero-order valence-electron chi connectivity index (χ0n) is 11.2. The highest BCUT2D eigenvalue weighted by molar-refractivity contribution is 7.86. The standard InChI is InChI=1S/C14H8O7S2/c15-11-6-3-1-2-4-8(6)22-9-5-7(14(17)18)12(16)13(10(9)11)23(19,20)21/h1-5,16H,(H,17,18)(H,19,20,21). The first kappa shape index (κ1) is 15.4. The minimum atomic E-state index is -5.01. The average Bonchev–Trinajstić information content (AvgIpc) is 2.46. The van der Waals surface area contributed by atoms with Crippen molar-refractivity contribution in [1.82, 2.24) is 0 Å². The summed E-state index contributed by atoms with van der Waals surface area (Å²) in [6.45, 7) is 0. The maximum Gasteiger partial charge on any atom is 0.339 e. The van der Waals surface area contributed by atoms with Crippen LogP contribution in [0.4, 0.5) is 0 Å². The van der Waals surface area contributed by atoms with Gasteiger partial charge >= 0.3 is 5.97 Å². The molecule has 3 N–H and O–H groups in total. The van der Waals surface area contributed by atoms with E-state index in [1.807, 2.05) is 0 Å². The van der Waals surface area contributed by atoms with E-state index in [0.29, 0.717) is 4.70 Å². The van der Waals surface area contributed by atoms with Gasteiger partial charge in [-0.1, -0.05) is 12.1 Å². The lowest BCUT2D eigenvalue weighted by molar-refractivity contribution is 0.0693. The number of carboxylic acid groups (broad SMARTS) is 1. The summed E-state index contributed by atoms with van der Waals surface area (Å²) in [4.78, 5) is 22.7. The van der Waals surface area contributed by atoms with Crippen molar-refractivity contribution in [3.05, 3.63) is 46.1 Å². The van der Waals surface area contributed by atoms with Gasteiger partial charge in [0.15, 0.2) is 11.2 Å². The molecule has 1 aromatic heterocycles. The van der Waals surface area contributed by atoms with Gasteiger partial charge in [-0.15, -0.1) is 11.3 Å². The van der Waals surface area contributed by atoms with E-state index in [1.165, 1.54) is 6.07 Å². The Morgan fingerprint density at radius 1 is 1.13 bits per heavy atom. The third-order valence-electron chi connectivity index (χ3n) is 3.29. The molecule has 0 fully saturated rings. The molecular formula is C14H8O7S2. The van der Waals surface area contributed by atoms with Crippen LogP contribution in [0.2, 0.25) is 0 Å². The van der Waals surface area contributed by atoms with Crippen LogP contribution < -0.4 is 5.43 Å². The van der Waals surface area contributed by atoms with Crippen LogP contribution in [0.3, 0.4) is 0 Å². The molecular weight excluding hydrogens is 344 g/mol. The smallest absolute Gasteiger partial charge is 0.339 e. The quantitative estimate of drug-likeness (QED) is 0.475. The van der Waals surface area contributed by atoms with Crippen molar-refractivity contribution >= 4 is 47.6 Å². The number of fused-ring (bicyclic) bond motifs is 2. The van der Waals surface area contributed by atoms with E-state index in [9.17, 15) is 27.7 Å². The maximum atomic E-state index is 12.6. The zero-order chi connectivity index (χ0) is 16.9. The molecule has 0 bridgehead atoms. The fraction of sp³-hybridized carbons (Fsp3) is 0. The van der Waals surface area contributed by atoms with Crippen LogP contribution in [0.15, 0.2) is 40.0 Å². The minimum Gasteiger partial charge on any atom is -0.506 e. The van der Waals surface area contributed by atoms with E-state index in [4.69, 9.17) is 5.11 Å². The Kier molecular flexibility index (Phi) is 3.36. The van der Waals surface area contributed by atoms with E-state index >= 15 is 0 Å². The SMILES string of the molecule is O=C(O)c1cc2sc3ccccc3c(=O)c2c(S(=O)(=O)O)c1O. The van der Waals surface area contributed by atoms with Crippen LogP contribution in [0.1, 0.15) is 10.4 Å². The van der Waals surface area contributed by atoms with Crippen LogP contribution in [-0.2, 0) is 10.1 Å². The lowest BCUT2D eigenvalue weighted by Crippen LogP contribution is -2.11. The predicted octanol–water partition coefficient (Wildman–Crippen LogP) is 2.07. The number of benzene rings is 2. The van der Waals surface area contributed by atoms with Crippen LogP contribution in [-0.4, -0.2) is 29.2 Å². The van der Waals surface area contributed by atoms with Crippen molar-refractivity contribution in [3.63, 3.8) is 0 Å². The summed E-state index contributed by atoms with van der Waals surface area (Å²) in [6.07, 6.45) is 0. The Morgan fingerprint density at radius 3 is 2.39 bits per heavy atom. The van der Waals surface area contributed by atoms with Crippen LogP contribution in [0.5, 0.6) is 5.75 Å². The van der Waals surface area contributed by atoms with Crippen LogP contribution in [0, 0.1) is 0 Å². The molecule has 0 atom stereocenters. The van der Waals surface area contributed by atoms with Gasteiger partial charge in [0.1, 0.15) is 10.5 Å². The molecule has 3 rings (SSSR count). The second-order valence-electron chi connectivity index (χ2n) is 4.68. The number of aromatic hydroxyl groups is 1. The second kappa shape index (κ2) is 5.01. The number of rotatable bonds is 2. The molecule has 0 aliphatic rings. The van der Waals surface area contributed by atoms with Crippen LogP contribution >= 0.6 is 11.3 Å². The zero-order valence-corrected chi connectivity index (χ0v) is 12.8. The Balaban J connectivity index is 2.71. The Bertz CT molecular complexity index is 1140.